The molecule has 3 nitrogen and oxygen atoms in total. The van der Waals surface area contributed by atoms with Crippen molar-refractivity contribution in [2.24, 2.45) is 5.41 Å². The second kappa shape index (κ2) is 6.69. The zero-order valence-electron chi connectivity index (χ0n) is 11.4. The molecule has 0 bridgehead atoms. The average molecular weight is 359 g/mol. The molecule has 0 unspecified atom stereocenters. The molecular formula is C15H17BrClNO2. The van der Waals surface area contributed by atoms with Crippen molar-refractivity contribution in [2.45, 2.75) is 32.1 Å². The predicted molar refractivity (Wildman–Crippen MR) is 82.3 cm³/mol. The van der Waals surface area contributed by atoms with Gasteiger partial charge < -0.3 is 9.47 Å². The topological polar surface area (TPSA) is 42.2 Å². The standard InChI is InChI=1S/C15H17BrClNO2/c1-2-19-13-8-11(9-17)7-12(16)14(13)20-10-15(3-4-15)5-6-18/h7-8H,2-5,9-10H2,1H3. The Bertz CT molecular complexity index is 523. The molecule has 0 N–H and O–H groups in total. The zero-order valence-corrected chi connectivity index (χ0v) is 13.8. The minimum atomic E-state index is 0.0445. The summed E-state index contributed by atoms with van der Waals surface area (Å²) >= 11 is 9.38. The van der Waals surface area contributed by atoms with Crippen molar-refractivity contribution in [3.8, 4) is 17.6 Å². The summed E-state index contributed by atoms with van der Waals surface area (Å²) in [6.45, 7) is 3.06. The molecule has 2 rings (SSSR count). The van der Waals surface area contributed by atoms with Gasteiger partial charge in [0.1, 0.15) is 0 Å². The summed E-state index contributed by atoms with van der Waals surface area (Å²) in [4.78, 5) is 0. The molecule has 1 aromatic rings. The lowest BCUT2D eigenvalue weighted by atomic mass is 10.1. The lowest BCUT2D eigenvalue weighted by molar-refractivity contribution is 0.220. The van der Waals surface area contributed by atoms with Gasteiger partial charge >= 0.3 is 0 Å². The lowest BCUT2D eigenvalue weighted by Gasteiger charge is -2.18. The minimum absolute atomic E-state index is 0.0445. The van der Waals surface area contributed by atoms with Crippen LogP contribution < -0.4 is 9.47 Å². The van der Waals surface area contributed by atoms with Crippen LogP contribution in [0.5, 0.6) is 11.5 Å². The van der Waals surface area contributed by atoms with Crippen LogP contribution in [0.25, 0.3) is 0 Å². The van der Waals surface area contributed by atoms with Gasteiger partial charge in [0.15, 0.2) is 11.5 Å². The summed E-state index contributed by atoms with van der Waals surface area (Å²) in [5.41, 5.74) is 1.02. The monoisotopic (exact) mass is 357 g/mol. The van der Waals surface area contributed by atoms with Gasteiger partial charge in [-0.15, -0.1) is 11.6 Å². The highest BCUT2D eigenvalue weighted by Gasteiger charge is 2.43. The molecule has 1 aromatic carbocycles. The van der Waals surface area contributed by atoms with Crippen LogP contribution in [0.15, 0.2) is 16.6 Å². The van der Waals surface area contributed by atoms with E-state index in [1.807, 2.05) is 19.1 Å². The minimum Gasteiger partial charge on any atom is -0.490 e. The smallest absolute Gasteiger partial charge is 0.175 e. The van der Waals surface area contributed by atoms with Gasteiger partial charge in [0.2, 0.25) is 0 Å². The van der Waals surface area contributed by atoms with E-state index in [9.17, 15) is 0 Å². The third kappa shape index (κ3) is 3.59. The van der Waals surface area contributed by atoms with Gasteiger partial charge in [-0.05, 0) is 53.4 Å². The summed E-state index contributed by atoms with van der Waals surface area (Å²) in [6, 6.07) is 6.08. The van der Waals surface area contributed by atoms with Crippen molar-refractivity contribution in [1.82, 2.24) is 0 Å². The third-order valence-corrected chi connectivity index (χ3v) is 4.35. The van der Waals surface area contributed by atoms with E-state index in [0.717, 1.165) is 22.9 Å². The zero-order chi connectivity index (χ0) is 14.6. The molecule has 5 heteroatoms. The summed E-state index contributed by atoms with van der Waals surface area (Å²) < 4.78 is 12.4. The van der Waals surface area contributed by atoms with Gasteiger partial charge in [-0.25, -0.2) is 0 Å². The van der Waals surface area contributed by atoms with Gasteiger partial charge in [0.05, 0.1) is 23.8 Å². The summed E-state index contributed by atoms with van der Waals surface area (Å²) in [7, 11) is 0. The number of hydrogen-bond donors (Lipinski definition) is 0. The quantitative estimate of drug-likeness (QED) is 0.666. The van der Waals surface area contributed by atoms with Crippen molar-refractivity contribution in [1.29, 1.82) is 5.26 Å². The Balaban J connectivity index is 2.15. The van der Waals surface area contributed by atoms with Crippen molar-refractivity contribution < 1.29 is 9.47 Å². The summed E-state index contributed by atoms with van der Waals surface area (Å²) in [5.74, 6) is 1.83. The predicted octanol–water partition coefficient (Wildman–Crippen LogP) is 4.66. The first-order chi connectivity index (χ1) is 9.64. The molecule has 1 saturated carbocycles. The van der Waals surface area contributed by atoms with Crippen LogP contribution in [0.3, 0.4) is 0 Å². The first kappa shape index (κ1) is 15.5. The molecular weight excluding hydrogens is 342 g/mol. The van der Waals surface area contributed by atoms with E-state index in [4.69, 9.17) is 26.3 Å². The number of benzene rings is 1. The summed E-state index contributed by atoms with van der Waals surface area (Å²) in [5, 5.41) is 8.85. The highest BCUT2D eigenvalue weighted by Crippen LogP contribution is 2.49. The first-order valence-electron chi connectivity index (χ1n) is 6.65. The van der Waals surface area contributed by atoms with E-state index in [1.165, 1.54) is 0 Å². The van der Waals surface area contributed by atoms with E-state index < -0.39 is 0 Å². The fraction of sp³-hybridized carbons (Fsp3) is 0.533. The Kier molecular flexibility index (Phi) is 5.17. The highest BCUT2D eigenvalue weighted by molar-refractivity contribution is 9.10. The number of ether oxygens (including phenoxy) is 2. The van der Waals surface area contributed by atoms with Gasteiger partial charge in [-0.1, -0.05) is 0 Å². The van der Waals surface area contributed by atoms with Crippen molar-refractivity contribution in [3.05, 3.63) is 22.2 Å². The Hall–Kier alpha value is -0.920. The molecule has 1 aliphatic rings. The van der Waals surface area contributed by atoms with E-state index in [2.05, 4.69) is 22.0 Å². The Morgan fingerprint density at radius 3 is 2.70 bits per heavy atom. The maximum absolute atomic E-state index is 8.85. The average Bonchev–Trinajstić information content (AvgIpc) is 3.18. The molecule has 20 heavy (non-hydrogen) atoms. The highest BCUT2D eigenvalue weighted by atomic mass is 79.9. The number of rotatable bonds is 7. The lowest BCUT2D eigenvalue weighted by Crippen LogP contribution is -2.13. The van der Waals surface area contributed by atoms with Crippen LogP contribution in [-0.2, 0) is 5.88 Å². The molecule has 0 aliphatic heterocycles. The van der Waals surface area contributed by atoms with Crippen LogP contribution >= 0.6 is 27.5 Å². The molecule has 0 atom stereocenters. The van der Waals surface area contributed by atoms with Gasteiger partial charge in [-0.3, -0.25) is 0 Å². The normalized spacial score (nSPS) is 15.5. The number of halogens is 2. The van der Waals surface area contributed by atoms with Crippen LogP contribution in [0.1, 0.15) is 31.7 Å². The summed E-state index contributed by atoms with van der Waals surface area (Å²) in [6.07, 6.45) is 2.66. The molecule has 108 valence electrons. The Morgan fingerprint density at radius 2 is 2.15 bits per heavy atom. The molecule has 0 spiro atoms. The Morgan fingerprint density at radius 1 is 1.40 bits per heavy atom. The maximum Gasteiger partial charge on any atom is 0.175 e. The maximum atomic E-state index is 8.85. The molecule has 0 saturated heterocycles. The van der Waals surface area contributed by atoms with E-state index in [-0.39, 0.29) is 5.41 Å². The number of hydrogen-bond acceptors (Lipinski definition) is 3. The Labute approximate surface area is 133 Å². The van der Waals surface area contributed by atoms with E-state index in [0.29, 0.717) is 37.0 Å². The van der Waals surface area contributed by atoms with Crippen molar-refractivity contribution >= 4 is 27.5 Å². The van der Waals surface area contributed by atoms with Crippen LogP contribution in [0, 0.1) is 16.7 Å². The molecule has 0 aromatic heterocycles. The SMILES string of the molecule is CCOc1cc(CCl)cc(Br)c1OCC1(CC#N)CC1. The molecule has 0 heterocycles. The van der Waals surface area contributed by atoms with E-state index >= 15 is 0 Å². The third-order valence-electron chi connectivity index (χ3n) is 3.46. The molecule has 1 fully saturated rings. The number of nitrogens with zero attached hydrogens (tertiary/aromatic N) is 1. The molecule has 0 radical (unpaired) electrons. The fourth-order valence-electron chi connectivity index (χ4n) is 2.04. The van der Waals surface area contributed by atoms with Gasteiger partial charge in [-0.2, -0.15) is 5.26 Å². The largest absolute Gasteiger partial charge is 0.490 e. The van der Waals surface area contributed by atoms with E-state index in [1.54, 1.807) is 0 Å². The van der Waals surface area contributed by atoms with Crippen LogP contribution in [0.4, 0.5) is 0 Å². The van der Waals surface area contributed by atoms with Crippen molar-refractivity contribution in [3.63, 3.8) is 0 Å². The fourth-order valence-corrected chi connectivity index (χ4v) is 2.80. The molecule has 0 amide bonds. The number of nitriles is 1. The molecule has 1 aliphatic carbocycles. The first-order valence-corrected chi connectivity index (χ1v) is 7.98. The van der Waals surface area contributed by atoms with Crippen LogP contribution in [-0.4, -0.2) is 13.2 Å². The second-order valence-corrected chi connectivity index (χ2v) is 6.22. The number of alkyl halides is 1. The van der Waals surface area contributed by atoms with Gasteiger partial charge in [0, 0.05) is 17.7 Å². The second-order valence-electron chi connectivity index (χ2n) is 5.10. The van der Waals surface area contributed by atoms with Crippen LogP contribution in [0.2, 0.25) is 0 Å². The van der Waals surface area contributed by atoms with Crippen molar-refractivity contribution in [2.75, 3.05) is 13.2 Å². The van der Waals surface area contributed by atoms with Gasteiger partial charge in [0.25, 0.3) is 0 Å².